The number of carboxylic acids is 1. The lowest BCUT2D eigenvalue weighted by molar-refractivity contribution is 0.0697. The highest BCUT2D eigenvalue weighted by molar-refractivity contribution is 7.89. The highest BCUT2D eigenvalue weighted by Gasteiger charge is 2.21. The topological polar surface area (TPSA) is 105 Å². The first-order chi connectivity index (χ1) is 10.2. The molecule has 0 unspecified atom stereocenters. The molecule has 0 amide bonds. The number of hydrogen-bond donors (Lipinski definition) is 3. The van der Waals surface area contributed by atoms with Gasteiger partial charge in [-0.05, 0) is 39.0 Å². The molecule has 0 spiro atoms. The van der Waals surface area contributed by atoms with Crippen LogP contribution in [0.15, 0.2) is 23.1 Å². The van der Waals surface area contributed by atoms with Crippen molar-refractivity contribution < 1.29 is 23.1 Å². The first-order valence-corrected chi connectivity index (χ1v) is 8.31. The van der Waals surface area contributed by atoms with Crippen molar-refractivity contribution in [3.8, 4) is 0 Å². The maximum atomic E-state index is 12.2. The molecule has 0 saturated heterocycles. The molecular formula is C14H22N2O5S. The number of carboxylic acid groups (broad SMARTS) is 1. The summed E-state index contributed by atoms with van der Waals surface area (Å²) >= 11 is 0. The van der Waals surface area contributed by atoms with Gasteiger partial charge in [-0.2, -0.15) is 0 Å². The quantitative estimate of drug-likeness (QED) is 0.667. The molecule has 7 nitrogen and oxygen atoms in total. The van der Waals surface area contributed by atoms with Crippen molar-refractivity contribution in [2.75, 3.05) is 19.0 Å². The van der Waals surface area contributed by atoms with E-state index < -0.39 is 22.0 Å². The predicted molar refractivity (Wildman–Crippen MR) is 83.8 cm³/mol. The van der Waals surface area contributed by atoms with E-state index in [1.54, 1.807) is 6.92 Å². The number of anilines is 1. The zero-order valence-corrected chi connectivity index (χ0v) is 13.9. The van der Waals surface area contributed by atoms with Crippen LogP contribution in [0.1, 0.15) is 31.1 Å². The fourth-order valence-corrected chi connectivity index (χ4v) is 3.18. The second kappa shape index (κ2) is 7.57. The minimum Gasteiger partial charge on any atom is -0.478 e. The molecule has 1 rings (SSSR count). The molecule has 0 aliphatic heterocycles. The van der Waals surface area contributed by atoms with Crippen molar-refractivity contribution in [3.05, 3.63) is 23.8 Å². The molecule has 0 aromatic heterocycles. The van der Waals surface area contributed by atoms with E-state index in [1.165, 1.54) is 19.2 Å². The van der Waals surface area contributed by atoms with E-state index >= 15 is 0 Å². The zero-order chi connectivity index (χ0) is 16.9. The van der Waals surface area contributed by atoms with Crippen LogP contribution in [0.4, 0.5) is 5.69 Å². The summed E-state index contributed by atoms with van der Waals surface area (Å²) < 4.78 is 31.8. The van der Waals surface area contributed by atoms with Gasteiger partial charge in [-0.15, -0.1) is 0 Å². The largest absolute Gasteiger partial charge is 0.478 e. The van der Waals surface area contributed by atoms with Crippen LogP contribution in [0.3, 0.4) is 0 Å². The SMILES string of the molecule is COC[C@H](C)NS(=O)(=O)c1ccc(NC(C)C)c(C(=O)O)c1. The molecule has 0 radical (unpaired) electrons. The van der Waals surface area contributed by atoms with Crippen molar-refractivity contribution in [1.29, 1.82) is 0 Å². The Bertz CT molecular complexity index is 628. The smallest absolute Gasteiger partial charge is 0.337 e. The number of sulfonamides is 1. The van der Waals surface area contributed by atoms with E-state index in [9.17, 15) is 18.3 Å². The Labute approximate surface area is 130 Å². The number of carbonyl (C=O) groups is 1. The van der Waals surface area contributed by atoms with Gasteiger partial charge in [0.25, 0.3) is 0 Å². The lowest BCUT2D eigenvalue weighted by Gasteiger charge is -2.16. The molecule has 0 fully saturated rings. The van der Waals surface area contributed by atoms with Gasteiger partial charge in [-0.1, -0.05) is 0 Å². The minimum absolute atomic E-state index is 0.0282. The predicted octanol–water partition coefficient (Wildman–Crippen LogP) is 1.52. The summed E-state index contributed by atoms with van der Waals surface area (Å²) in [5, 5.41) is 12.2. The molecule has 1 atom stereocenters. The first kappa shape index (κ1) is 18.4. The number of benzene rings is 1. The Kier molecular flexibility index (Phi) is 6.34. The number of hydrogen-bond acceptors (Lipinski definition) is 5. The van der Waals surface area contributed by atoms with Crippen molar-refractivity contribution in [2.24, 2.45) is 0 Å². The third-order valence-electron chi connectivity index (χ3n) is 2.75. The minimum atomic E-state index is -3.80. The van der Waals surface area contributed by atoms with Crippen LogP contribution in [0.25, 0.3) is 0 Å². The second-order valence-corrected chi connectivity index (χ2v) is 7.00. The molecule has 0 aliphatic carbocycles. The average molecular weight is 330 g/mol. The van der Waals surface area contributed by atoms with Gasteiger partial charge < -0.3 is 15.2 Å². The number of rotatable bonds is 8. The standard InChI is InChI=1S/C14H22N2O5S/c1-9(2)15-13-6-5-11(7-12(13)14(17)18)22(19,20)16-10(3)8-21-4/h5-7,9-10,15-16H,8H2,1-4H3,(H,17,18)/t10-/m0/s1. The van der Waals surface area contributed by atoms with Gasteiger partial charge in [-0.25, -0.2) is 17.9 Å². The van der Waals surface area contributed by atoms with Gasteiger partial charge in [0.05, 0.1) is 17.1 Å². The fraction of sp³-hybridized carbons (Fsp3) is 0.500. The number of methoxy groups -OCH3 is 1. The van der Waals surface area contributed by atoms with E-state index in [0.29, 0.717) is 5.69 Å². The summed E-state index contributed by atoms with van der Waals surface area (Å²) in [5.74, 6) is -1.19. The maximum absolute atomic E-state index is 12.2. The third-order valence-corrected chi connectivity index (χ3v) is 4.34. The molecule has 0 heterocycles. The van der Waals surface area contributed by atoms with Crippen molar-refractivity contribution in [2.45, 2.75) is 37.8 Å². The summed E-state index contributed by atoms with van der Waals surface area (Å²) in [5.41, 5.74) is 0.294. The summed E-state index contributed by atoms with van der Waals surface area (Å²) in [6.07, 6.45) is 0. The van der Waals surface area contributed by atoms with Gasteiger partial charge in [0.15, 0.2) is 0 Å². The molecule has 0 aliphatic rings. The van der Waals surface area contributed by atoms with Crippen LogP contribution in [-0.4, -0.2) is 45.3 Å². The summed E-state index contributed by atoms with van der Waals surface area (Å²) in [4.78, 5) is 11.2. The number of ether oxygens (including phenoxy) is 1. The van der Waals surface area contributed by atoms with E-state index in [-0.39, 0.29) is 23.1 Å². The van der Waals surface area contributed by atoms with Crippen LogP contribution in [0.2, 0.25) is 0 Å². The summed E-state index contributed by atoms with van der Waals surface area (Å²) in [7, 11) is -2.33. The molecule has 0 saturated carbocycles. The molecular weight excluding hydrogens is 308 g/mol. The number of nitrogens with one attached hydrogen (secondary N) is 2. The molecule has 0 bridgehead atoms. The van der Waals surface area contributed by atoms with Crippen LogP contribution in [-0.2, 0) is 14.8 Å². The third kappa shape index (κ3) is 4.97. The first-order valence-electron chi connectivity index (χ1n) is 6.82. The van der Waals surface area contributed by atoms with Gasteiger partial charge in [0, 0.05) is 24.9 Å². The normalized spacial score (nSPS) is 13.1. The van der Waals surface area contributed by atoms with Gasteiger partial charge >= 0.3 is 5.97 Å². The molecule has 124 valence electrons. The second-order valence-electron chi connectivity index (χ2n) is 5.29. The number of aromatic carboxylic acids is 1. The lowest BCUT2D eigenvalue weighted by Crippen LogP contribution is -2.35. The van der Waals surface area contributed by atoms with E-state index in [2.05, 4.69) is 10.0 Å². The maximum Gasteiger partial charge on any atom is 0.337 e. The Morgan fingerprint density at radius 3 is 2.45 bits per heavy atom. The molecule has 22 heavy (non-hydrogen) atoms. The fourth-order valence-electron chi connectivity index (χ4n) is 1.92. The highest BCUT2D eigenvalue weighted by Crippen LogP contribution is 2.21. The van der Waals surface area contributed by atoms with E-state index in [1.807, 2.05) is 13.8 Å². The van der Waals surface area contributed by atoms with Crippen molar-refractivity contribution in [1.82, 2.24) is 4.72 Å². The van der Waals surface area contributed by atoms with Crippen LogP contribution in [0.5, 0.6) is 0 Å². The monoisotopic (exact) mass is 330 g/mol. The Morgan fingerprint density at radius 2 is 1.95 bits per heavy atom. The van der Waals surface area contributed by atoms with Crippen molar-refractivity contribution in [3.63, 3.8) is 0 Å². The summed E-state index contributed by atoms with van der Waals surface area (Å²) in [6, 6.07) is 3.59. The van der Waals surface area contributed by atoms with E-state index in [4.69, 9.17) is 4.74 Å². The molecule has 1 aromatic carbocycles. The summed E-state index contributed by atoms with van der Waals surface area (Å²) in [6.45, 7) is 5.61. The van der Waals surface area contributed by atoms with Crippen LogP contribution in [0, 0.1) is 0 Å². The van der Waals surface area contributed by atoms with E-state index in [0.717, 1.165) is 6.07 Å². The Morgan fingerprint density at radius 1 is 1.32 bits per heavy atom. The van der Waals surface area contributed by atoms with Gasteiger partial charge in [0.2, 0.25) is 10.0 Å². The molecule has 1 aromatic rings. The van der Waals surface area contributed by atoms with Gasteiger partial charge in [-0.3, -0.25) is 0 Å². The Hall–Kier alpha value is -1.64. The Balaban J connectivity index is 3.15. The highest BCUT2D eigenvalue weighted by atomic mass is 32.2. The average Bonchev–Trinajstić information content (AvgIpc) is 2.37. The van der Waals surface area contributed by atoms with Crippen LogP contribution >= 0.6 is 0 Å². The zero-order valence-electron chi connectivity index (χ0n) is 13.1. The lowest BCUT2D eigenvalue weighted by atomic mass is 10.1. The molecule has 8 heteroatoms. The van der Waals surface area contributed by atoms with Gasteiger partial charge in [0.1, 0.15) is 0 Å². The van der Waals surface area contributed by atoms with Crippen LogP contribution < -0.4 is 10.0 Å². The molecule has 3 N–H and O–H groups in total. The van der Waals surface area contributed by atoms with Crippen molar-refractivity contribution >= 4 is 21.7 Å².